The van der Waals surface area contributed by atoms with Gasteiger partial charge in [0.1, 0.15) is 0 Å². The van der Waals surface area contributed by atoms with E-state index in [0.29, 0.717) is 29.0 Å². The highest BCUT2D eigenvalue weighted by Crippen LogP contribution is 2.23. The first-order chi connectivity index (χ1) is 9.06. The minimum atomic E-state index is -0.0267. The lowest BCUT2D eigenvalue weighted by Crippen LogP contribution is -2.38. The van der Waals surface area contributed by atoms with Gasteiger partial charge in [-0.1, -0.05) is 11.6 Å². The van der Waals surface area contributed by atoms with Gasteiger partial charge in [0, 0.05) is 17.5 Å². The molecular formula is C13H18ClN3OS. The van der Waals surface area contributed by atoms with Gasteiger partial charge < -0.3 is 11.1 Å². The molecule has 4 nitrogen and oxygen atoms in total. The van der Waals surface area contributed by atoms with Gasteiger partial charge >= 0.3 is 0 Å². The second-order valence-electron chi connectivity index (χ2n) is 4.72. The van der Waals surface area contributed by atoms with Crippen LogP contribution in [0.15, 0.2) is 18.2 Å². The van der Waals surface area contributed by atoms with Crippen molar-refractivity contribution in [3.05, 3.63) is 23.2 Å². The third kappa shape index (κ3) is 4.03. The van der Waals surface area contributed by atoms with E-state index in [4.69, 9.17) is 17.3 Å². The zero-order chi connectivity index (χ0) is 13.8. The van der Waals surface area contributed by atoms with E-state index in [1.165, 1.54) is 5.75 Å². The highest BCUT2D eigenvalue weighted by Gasteiger charge is 2.21. The Bertz CT molecular complexity index is 463. The van der Waals surface area contributed by atoms with E-state index in [1.807, 2.05) is 18.8 Å². The molecule has 1 aromatic carbocycles. The van der Waals surface area contributed by atoms with Crippen LogP contribution in [0, 0.1) is 0 Å². The smallest absolute Gasteiger partial charge is 0.238 e. The molecule has 0 aliphatic carbocycles. The number of hydrogen-bond acceptors (Lipinski definition) is 4. The summed E-state index contributed by atoms with van der Waals surface area (Å²) in [6.07, 6.45) is 1.16. The number of hydrogen-bond donors (Lipinski definition) is 2. The van der Waals surface area contributed by atoms with Gasteiger partial charge in [-0.05, 0) is 37.4 Å². The second kappa shape index (κ2) is 6.50. The number of nitrogens with zero attached hydrogens (tertiary/aromatic N) is 1. The van der Waals surface area contributed by atoms with Gasteiger partial charge in [0.05, 0.1) is 17.3 Å². The number of halogens is 1. The number of likely N-dealkylation sites (N-methyl/N-ethyl adjacent to an activating group) is 1. The third-order valence-corrected chi connectivity index (χ3v) is 4.69. The van der Waals surface area contributed by atoms with Crippen molar-refractivity contribution in [2.75, 3.05) is 36.1 Å². The quantitative estimate of drug-likeness (QED) is 0.838. The normalized spacial score (nSPS) is 18.8. The second-order valence-corrected chi connectivity index (χ2v) is 6.27. The summed E-state index contributed by atoms with van der Waals surface area (Å²) in [6.45, 7) is 0.397. The standard InChI is InChI=1S/C13H18ClN3OS/c1-17(10-4-5-19-8-10)7-13(18)16-9-2-3-11(14)12(15)6-9/h2-3,6,10H,4-5,7-8,15H2,1H3,(H,16,18). The van der Waals surface area contributed by atoms with Crippen LogP contribution in [0.4, 0.5) is 11.4 Å². The molecule has 1 aliphatic heterocycles. The van der Waals surface area contributed by atoms with Crippen molar-refractivity contribution in [2.24, 2.45) is 0 Å². The molecule has 1 fully saturated rings. The number of nitrogens with two attached hydrogens (primary N) is 1. The van der Waals surface area contributed by atoms with E-state index in [0.717, 1.165) is 12.2 Å². The molecule has 0 radical (unpaired) electrons. The Kier molecular flexibility index (Phi) is 4.96. The molecule has 2 rings (SSSR count). The first-order valence-electron chi connectivity index (χ1n) is 6.19. The number of carbonyl (C=O) groups excluding carboxylic acids is 1. The fraction of sp³-hybridized carbons (Fsp3) is 0.462. The number of rotatable bonds is 4. The molecule has 0 bridgehead atoms. The fourth-order valence-electron chi connectivity index (χ4n) is 2.05. The highest BCUT2D eigenvalue weighted by atomic mass is 35.5. The van der Waals surface area contributed by atoms with Gasteiger partial charge in [-0.25, -0.2) is 0 Å². The Labute approximate surface area is 122 Å². The summed E-state index contributed by atoms with van der Waals surface area (Å²) in [5.74, 6) is 2.27. The molecular weight excluding hydrogens is 282 g/mol. The van der Waals surface area contributed by atoms with Crippen LogP contribution in [-0.4, -0.2) is 41.9 Å². The zero-order valence-electron chi connectivity index (χ0n) is 10.9. The molecule has 1 unspecified atom stereocenters. The number of benzene rings is 1. The molecule has 1 heterocycles. The van der Waals surface area contributed by atoms with Gasteiger partial charge in [0.15, 0.2) is 0 Å². The van der Waals surface area contributed by atoms with Crippen LogP contribution >= 0.6 is 23.4 Å². The molecule has 0 saturated carbocycles. The molecule has 1 aliphatic rings. The first-order valence-corrected chi connectivity index (χ1v) is 7.72. The molecule has 6 heteroatoms. The van der Waals surface area contributed by atoms with Gasteiger partial charge in [0.25, 0.3) is 0 Å². The number of carbonyl (C=O) groups is 1. The molecule has 19 heavy (non-hydrogen) atoms. The summed E-state index contributed by atoms with van der Waals surface area (Å²) in [7, 11) is 1.99. The SMILES string of the molecule is CN(CC(=O)Nc1ccc(Cl)c(N)c1)C1CCSC1. The molecule has 0 aromatic heterocycles. The van der Waals surface area contributed by atoms with Crippen molar-refractivity contribution in [3.63, 3.8) is 0 Å². The lowest BCUT2D eigenvalue weighted by atomic mass is 10.2. The summed E-state index contributed by atoms with van der Waals surface area (Å²) in [4.78, 5) is 14.0. The van der Waals surface area contributed by atoms with Crippen molar-refractivity contribution in [2.45, 2.75) is 12.5 Å². The highest BCUT2D eigenvalue weighted by molar-refractivity contribution is 7.99. The number of nitrogens with one attached hydrogen (secondary N) is 1. The Balaban J connectivity index is 1.88. The Hall–Kier alpha value is -0.910. The van der Waals surface area contributed by atoms with Crippen LogP contribution in [0.1, 0.15) is 6.42 Å². The van der Waals surface area contributed by atoms with Gasteiger partial charge in [-0.15, -0.1) is 0 Å². The predicted molar refractivity (Wildman–Crippen MR) is 82.9 cm³/mol. The molecule has 1 atom stereocenters. The Morgan fingerprint density at radius 3 is 3.05 bits per heavy atom. The summed E-state index contributed by atoms with van der Waals surface area (Å²) >= 11 is 7.78. The first kappa shape index (κ1) is 14.5. The summed E-state index contributed by atoms with van der Waals surface area (Å²) in [5.41, 5.74) is 6.85. The minimum Gasteiger partial charge on any atom is -0.397 e. The number of anilines is 2. The van der Waals surface area contributed by atoms with Gasteiger partial charge in [-0.2, -0.15) is 11.8 Å². The van der Waals surface area contributed by atoms with Gasteiger partial charge in [-0.3, -0.25) is 9.69 Å². The van der Waals surface area contributed by atoms with E-state index < -0.39 is 0 Å². The maximum absolute atomic E-state index is 11.9. The molecule has 3 N–H and O–H groups in total. The zero-order valence-corrected chi connectivity index (χ0v) is 12.4. The molecule has 0 spiro atoms. The van der Waals surface area contributed by atoms with Crippen LogP contribution in [0.5, 0.6) is 0 Å². The maximum Gasteiger partial charge on any atom is 0.238 e. The third-order valence-electron chi connectivity index (χ3n) is 3.20. The van der Waals surface area contributed by atoms with E-state index >= 15 is 0 Å². The largest absolute Gasteiger partial charge is 0.397 e. The number of nitrogen functional groups attached to an aromatic ring is 1. The molecule has 1 aromatic rings. The average molecular weight is 300 g/mol. The minimum absolute atomic E-state index is 0.0267. The topological polar surface area (TPSA) is 58.4 Å². The average Bonchev–Trinajstić information content (AvgIpc) is 2.87. The predicted octanol–water partition coefficient (Wildman–Crippen LogP) is 2.30. The molecule has 1 saturated heterocycles. The van der Waals surface area contributed by atoms with Crippen molar-refractivity contribution in [1.29, 1.82) is 0 Å². The fourth-order valence-corrected chi connectivity index (χ4v) is 3.46. The maximum atomic E-state index is 11.9. The van der Waals surface area contributed by atoms with Gasteiger partial charge in [0.2, 0.25) is 5.91 Å². The van der Waals surface area contributed by atoms with Crippen molar-refractivity contribution in [3.8, 4) is 0 Å². The van der Waals surface area contributed by atoms with Crippen LogP contribution in [0.3, 0.4) is 0 Å². The Morgan fingerprint density at radius 1 is 1.63 bits per heavy atom. The summed E-state index contributed by atoms with van der Waals surface area (Å²) in [5, 5.41) is 3.34. The molecule has 104 valence electrons. The molecule has 1 amide bonds. The van der Waals surface area contributed by atoms with E-state index in [2.05, 4.69) is 10.2 Å². The number of amides is 1. The Morgan fingerprint density at radius 2 is 2.42 bits per heavy atom. The summed E-state index contributed by atoms with van der Waals surface area (Å²) in [6, 6.07) is 5.61. The van der Waals surface area contributed by atoms with Crippen molar-refractivity contribution >= 4 is 40.6 Å². The summed E-state index contributed by atoms with van der Waals surface area (Å²) < 4.78 is 0. The van der Waals surface area contributed by atoms with Crippen molar-refractivity contribution < 1.29 is 4.79 Å². The van der Waals surface area contributed by atoms with Crippen LogP contribution in [0.2, 0.25) is 5.02 Å². The monoisotopic (exact) mass is 299 g/mol. The number of thioether (sulfide) groups is 1. The van der Waals surface area contributed by atoms with E-state index in [9.17, 15) is 4.79 Å². The van der Waals surface area contributed by atoms with Crippen LogP contribution in [-0.2, 0) is 4.79 Å². The van der Waals surface area contributed by atoms with E-state index in [1.54, 1.807) is 18.2 Å². The lowest BCUT2D eigenvalue weighted by molar-refractivity contribution is -0.117. The van der Waals surface area contributed by atoms with Crippen LogP contribution in [0.25, 0.3) is 0 Å². The van der Waals surface area contributed by atoms with Crippen LogP contribution < -0.4 is 11.1 Å². The van der Waals surface area contributed by atoms with E-state index in [-0.39, 0.29) is 5.91 Å². The lowest BCUT2D eigenvalue weighted by Gasteiger charge is -2.22. The van der Waals surface area contributed by atoms with Crippen molar-refractivity contribution in [1.82, 2.24) is 4.90 Å².